The summed E-state index contributed by atoms with van der Waals surface area (Å²) in [5.41, 5.74) is 2.50. The number of nitrogens with zero attached hydrogens (tertiary/aromatic N) is 5. The monoisotopic (exact) mass is 409 g/mol. The maximum Gasteiger partial charge on any atom is 0.208 e. The van der Waals surface area contributed by atoms with Crippen LogP contribution in [0.1, 0.15) is 46.0 Å². The van der Waals surface area contributed by atoms with Gasteiger partial charge in [0.05, 0.1) is 17.6 Å². The Morgan fingerprint density at radius 1 is 1.17 bits per heavy atom. The second kappa shape index (κ2) is 6.55. The van der Waals surface area contributed by atoms with Crippen LogP contribution in [0, 0.1) is 10.8 Å². The van der Waals surface area contributed by atoms with Crippen molar-refractivity contribution in [1.29, 1.82) is 0 Å². The van der Waals surface area contributed by atoms with Gasteiger partial charge in [-0.25, -0.2) is 4.98 Å². The number of fused-ring (bicyclic) bond motifs is 2. The molecule has 3 aromatic rings. The van der Waals surface area contributed by atoms with E-state index in [1.807, 2.05) is 22.9 Å². The summed E-state index contributed by atoms with van der Waals surface area (Å²) in [4.78, 5) is 6.37. The van der Waals surface area contributed by atoms with E-state index in [0.29, 0.717) is 22.4 Å². The van der Waals surface area contributed by atoms with Crippen LogP contribution >= 0.6 is 11.3 Å². The average Bonchev–Trinajstić information content (AvgIpc) is 3.41. The Labute approximate surface area is 175 Å². The Bertz CT molecular complexity index is 1010. The zero-order valence-electron chi connectivity index (χ0n) is 17.2. The van der Waals surface area contributed by atoms with E-state index >= 15 is 0 Å². The summed E-state index contributed by atoms with van der Waals surface area (Å²) in [5.74, 6) is 0.206. The van der Waals surface area contributed by atoms with E-state index in [9.17, 15) is 5.11 Å². The van der Waals surface area contributed by atoms with Crippen LogP contribution in [0.4, 0.5) is 5.13 Å². The second-order valence-corrected chi connectivity index (χ2v) is 10.5. The highest BCUT2D eigenvalue weighted by atomic mass is 32.1. The van der Waals surface area contributed by atoms with E-state index in [2.05, 4.69) is 41.0 Å². The van der Waals surface area contributed by atoms with Crippen molar-refractivity contribution in [1.82, 2.24) is 19.7 Å². The number of rotatable bonds is 4. The van der Waals surface area contributed by atoms with Gasteiger partial charge in [0, 0.05) is 31.5 Å². The first kappa shape index (κ1) is 18.6. The molecule has 0 aliphatic heterocycles. The predicted molar refractivity (Wildman–Crippen MR) is 116 cm³/mol. The van der Waals surface area contributed by atoms with Gasteiger partial charge in [0.15, 0.2) is 5.01 Å². The first-order valence-electron chi connectivity index (χ1n) is 10.2. The molecule has 0 spiro atoms. The molecule has 1 N–H and O–H groups in total. The highest BCUT2D eigenvalue weighted by Crippen LogP contribution is 2.59. The van der Waals surface area contributed by atoms with E-state index in [1.165, 1.54) is 32.1 Å². The predicted octanol–water partition coefficient (Wildman–Crippen LogP) is 4.89. The second-order valence-electron chi connectivity index (χ2n) is 9.53. The van der Waals surface area contributed by atoms with Gasteiger partial charge in [-0.15, -0.1) is 10.2 Å². The maximum atomic E-state index is 10.6. The molecule has 0 radical (unpaired) electrons. The van der Waals surface area contributed by atoms with Gasteiger partial charge in [0.25, 0.3) is 0 Å². The topological polar surface area (TPSA) is 67.1 Å². The number of aromatic nitrogens is 4. The van der Waals surface area contributed by atoms with Crippen molar-refractivity contribution in [3.8, 4) is 22.0 Å². The number of anilines is 1. The molecular weight excluding hydrogens is 382 g/mol. The van der Waals surface area contributed by atoms with Crippen molar-refractivity contribution in [3.05, 3.63) is 36.9 Å². The van der Waals surface area contributed by atoms with Crippen molar-refractivity contribution in [2.75, 3.05) is 11.9 Å². The summed E-state index contributed by atoms with van der Waals surface area (Å²) in [5, 5.41) is 21.1. The molecule has 6 nitrogen and oxygen atoms in total. The minimum atomic E-state index is 0.206. The van der Waals surface area contributed by atoms with Gasteiger partial charge in [-0.1, -0.05) is 25.2 Å². The number of phenolic OH excluding ortho intramolecular Hbond substituents is 1. The zero-order valence-corrected chi connectivity index (χ0v) is 18.0. The third-order valence-electron chi connectivity index (χ3n) is 6.92. The first-order chi connectivity index (χ1) is 13.8. The van der Waals surface area contributed by atoms with Crippen molar-refractivity contribution >= 4 is 16.5 Å². The molecule has 1 aromatic carbocycles. The molecule has 0 saturated heterocycles. The van der Waals surface area contributed by atoms with Crippen molar-refractivity contribution in [2.24, 2.45) is 10.8 Å². The van der Waals surface area contributed by atoms with Crippen LogP contribution in [0.5, 0.6) is 5.75 Å². The van der Waals surface area contributed by atoms with Gasteiger partial charge in [0.2, 0.25) is 5.13 Å². The molecule has 2 saturated carbocycles. The minimum Gasteiger partial charge on any atom is -0.507 e. The Morgan fingerprint density at radius 3 is 2.59 bits per heavy atom. The summed E-state index contributed by atoms with van der Waals surface area (Å²) in [7, 11) is 2.15. The molecule has 29 heavy (non-hydrogen) atoms. The van der Waals surface area contributed by atoms with Gasteiger partial charge in [-0.05, 0) is 55.1 Å². The Hall–Kier alpha value is -2.41. The van der Waals surface area contributed by atoms with E-state index in [1.54, 1.807) is 29.9 Å². The molecule has 2 bridgehead atoms. The number of hydrogen-bond donors (Lipinski definition) is 1. The molecule has 2 aromatic heterocycles. The summed E-state index contributed by atoms with van der Waals surface area (Å²) in [6.07, 6.45) is 11.8. The normalized spacial score (nSPS) is 28.6. The molecule has 3 atom stereocenters. The smallest absolute Gasteiger partial charge is 0.208 e. The van der Waals surface area contributed by atoms with Gasteiger partial charge >= 0.3 is 0 Å². The van der Waals surface area contributed by atoms with Crippen LogP contribution in [0.3, 0.4) is 0 Å². The number of benzene rings is 1. The molecule has 2 aliphatic rings. The summed E-state index contributed by atoms with van der Waals surface area (Å²) in [6.45, 7) is 4.90. The summed E-state index contributed by atoms with van der Waals surface area (Å²) in [6, 6.07) is 6.10. The fraction of sp³-hybridized carbons (Fsp3) is 0.500. The molecule has 2 heterocycles. The number of aromatic hydroxyl groups is 1. The third kappa shape index (κ3) is 3.31. The number of phenols is 1. The zero-order chi connectivity index (χ0) is 20.2. The molecular formula is C22H27N5OS. The van der Waals surface area contributed by atoms with Gasteiger partial charge < -0.3 is 14.6 Å². The number of hydrogen-bond acceptors (Lipinski definition) is 6. The SMILES string of the molecule is CN(c1nnc(-c2ccc(-n3ccnc3)cc2O)s1)[C@H]1C[C@]2(C)CC[C@](C)(C1)C2. The molecule has 152 valence electrons. The first-order valence-corrected chi connectivity index (χ1v) is 11.0. The van der Waals surface area contributed by atoms with E-state index in [4.69, 9.17) is 0 Å². The lowest BCUT2D eigenvalue weighted by Crippen LogP contribution is -2.42. The van der Waals surface area contributed by atoms with Gasteiger partial charge in [-0.3, -0.25) is 0 Å². The van der Waals surface area contributed by atoms with Crippen LogP contribution in [0.2, 0.25) is 0 Å². The summed E-state index contributed by atoms with van der Waals surface area (Å²) < 4.78 is 1.86. The fourth-order valence-electron chi connectivity index (χ4n) is 5.54. The average molecular weight is 410 g/mol. The van der Waals surface area contributed by atoms with Crippen LogP contribution in [0.25, 0.3) is 16.3 Å². The van der Waals surface area contributed by atoms with Crippen molar-refractivity contribution in [3.63, 3.8) is 0 Å². The largest absolute Gasteiger partial charge is 0.507 e. The highest BCUT2D eigenvalue weighted by molar-refractivity contribution is 7.18. The molecule has 2 aliphatic carbocycles. The maximum absolute atomic E-state index is 10.6. The van der Waals surface area contributed by atoms with Crippen LogP contribution in [0.15, 0.2) is 36.9 Å². The van der Waals surface area contributed by atoms with Gasteiger partial charge in [-0.2, -0.15) is 0 Å². The number of imidazole rings is 1. The van der Waals surface area contributed by atoms with Gasteiger partial charge in [0.1, 0.15) is 5.75 Å². The summed E-state index contributed by atoms with van der Waals surface area (Å²) >= 11 is 1.55. The van der Waals surface area contributed by atoms with Crippen molar-refractivity contribution < 1.29 is 5.11 Å². The Kier molecular flexibility index (Phi) is 4.21. The quantitative estimate of drug-likeness (QED) is 0.664. The third-order valence-corrected chi connectivity index (χ3v) is 7.97. The fourth-order valence-corrected chi connectivity index (χ4v) is 6.45. The van der Waals surface area contributed by atoms with Crippen LogP contribution in [-0.2, 0) is 0 Å². The lowest BCUT2D eigenvalue weighted by Gasteiger charge is -2.43. The molecule has 7 heteroatoms. The Morgan fingerprint density at radius 2 is 1.93 bits per heavy atom. The molecule has 0 unspecified atom stereocenters. The van der Waals surface area contributed by atoms with E-state index in [0.717, 1.165) is 15.8 Å². The lowest BCUT2D eigenvalue weighted by atomic mass is 9.68. The van der Waals surface area contributed by atoms with Crippen LogP contribution < -0.4 is 4.90 Å². The van der Waals surface area contributed by atoms with E-state index < -0.39 is 0 Å². The highest BCUT2D eigenvalue weighted by Gasteiger charge is 2.50. The van der Waals surface area contributed by atoms with Crippen LogP contribution in [-0.4, -0.2) is 37.9 Å². The molecule has 0 amide bonds. The Balaban J connectivity index is 1.38. The molecule has 5 rings (SSSR count). The van der Waals surface area contributed by atoms with Crippen molar-refractivity contribution in [2.45, 2.75) is 52.0 Å². The van der Waals surface area contributed by atoms with E-state index in [-0.39, 0.29) is 5.75 Å². The molecule has 2 fully saturated rings. The minimum absolute atomic E-state index is 0.206. The lowest BCUT2D eigenvalue weighted by molar-refractivity contribution is 0.148. The standard InChI is InChI=1S/C22H27N5OS/c1-21-6-7-22(2,13-21)12-16(11-21)26(3)20-25-24-19(29-20)17-5-4-15(10-18(17)28)27-9-8-23-14-27/h4-5,8-10,14,16,28H,6-7,11-13H2,1-3H3/t16-,21-,22+.